The van der Waals surface area contributed by atoms with Crippen molar-refractivity contribution in [1.29, 1.82) is 5.26 Å². The van der Waals surface area contributed by atoms with Crippen molar-refractivity contribution in [3.63, 3.8) is 0 Å². The molecule has 2 N–H and O–H groups in total. The summed E-state index contributed by atoms with van der Waals surface area (Å²) < 4.78 is 2.12. The molecule has 0 saturated carbocycles. The minimum absolute atomic E-state index is 0.0480. The molecule has 6 heteroatoms. The Hall–Kier alpha value is -5.15. The summed E-state index contributed by atoms with van der Waals surface area (Å²) in [5, 5.41) is 24.8. The lowest BCUT2D eigenvalue weighted by atomic mass is 10.0. The van der Waals surface area contributed by atoms with Crippen molar-refractivity contribution in [2.24, 2.45) is 0 Å². The smallest absolute Gasteiger partial charge is 0.335 e. The maximum atomic E-state index is 12.9. The molecule has 5 aromatic rings. The molecular formula is C30H21N3O3. The average molecular weight is 472 g/mol. The monoisotopic (exact) mass is 471 g/mol. The Morgan fingerprint density at radius 2 is 1.64 bits per heavy atom. The third-order valence-electron chi connectivity index (χ3n) is 6.07. The zero-order valence-corrected chi connectivity index (χ0v) is 19.2. The molecule has 36 heavy (non-hydrogen) atoms. The molecule has 6 nitrogen and oxygen atoms in total. The number of amides is 1. The molecule has 0 atom stereocenters. The van der Waals surface area contributed by atoms with E-state index in [2.05, 4.69) is 34.1 Å². The lowest BCUT2D eigenvalue weighted by Crippen LogP contribution is -2.13. The van der Waals surface area contributed by atoms with Crippen LogP contribution in [0.5, 0.6) is 0 Å². The lowest BCUT2D eigenvalue weighted by molar-refractivity contribution is -0.112. The largest absolute Gasteiger partial charge is 0.478 e. The second-order valence-corrected chi connectivity index (χ2v) is 8.38. The van der Waals surface area contributed by atoms with Gasteiger partial charge in [-0.15, -0.1) is 0 Å². The fraction of sp³-hybridized carbons (Fsp3) is 0.0333. The van der Waals surface area contributed by atoms with E-state index in [0.29, 0.717) is 12.2 Å². The van der Waals surface area contributed by atoms with Crippen molar-refractivity contribution in [2.45, 2.75) is 6.54 Å². The van der Waals surface area contributed by atoms with Gasteiger partial charge in [-0.2, -0.15) is 5.26 Å². The molecule has 0 unspecified atom stereocenters. The molecule has 0 radical (unpaired) electrons. The summed E-state index contributed by atoms with van der Waals surface area (Å²) in [5.74, 6) is -1.70. The molecule has 0 aliphatic heterocycles. The van der Waals surface area contributed by atoms with Crippen LogP contribution in [-0.4, -0.2) is 21.6 Å². The van der Waals surface area contributed by atoms with Gasteiger partial charge in [0.15, 0.2) is 0 Å². The van der Waals surface area contributed by atoms with Gasteiger partial charge in [0.1, 0.15) is 11.6 Å². The van der Waals surface area contributed by atoms with E-state index in [1.54, 1.807) is 12.1 Å². The van der Waals surface area contributed by atoms with Gasteiger partial charge in [-0.05, 0) is 46.7 Å². The van der Waals surface area contributed by atoms with Crippen LogP contribution in [0.2, 0.25) is 0 Å². The molecule has 174 valence electrons. The summed E-state index contributed by atoms with van der Waals surface area (Å²) in [6, 6.07) is 30.2. The Bertz CT molecular complexity index is 1700. The van der Waals surface area contributed by atoms with E-state index in [1.165, 1.54) is 34.5 Å². The van der Waals surface area contributed by atoms with Gasteiger partial charge < -0.3 is 15.0 Å². The van der Waals surface area contributed by atoms with E-state index in [1.807, 2.05) is 54.7 Å². The first kappa shape index (κ1) is 22.6. The lowest BCUT2D eigenvalue weighted by Gasteiger charge is -2.09. The van der Waals surface area contributed by atoms with Crippen molar-refractivity contribution >= 4 is 45.3 Å². The van der Waals surface area contributed by atoms with E-state index < -0.39 is 11.9 Å². The summed E-state index contributed by atoms with van der Waals surface area (Å²) >= 11 is 0. The Morgan fingerprint density at radius 1 is 0.917 bits per heavy atom. The van der Waals surface area contributed by atoms with E-state index in [-0.39, 0.29) is 11.1 Å². The van der Waals surface area contributed by atoms with E-state index in [9.17, 15) is 20.0 Å². The number of carboxylic acids is 1. The van der Waals surface area contributed by atoms with Crippen LogP contribution in [0.4, 0.5) is 5.69 Å². The molecule has 0 aliphatic carbocycles. The Labute approximate surface area is 207 Å². The molecule has 0 aliphatic rings. The highest BCUT2D eigenvalue weighted by molar-refractivity contribution is 6.11. The quantitative estimate of drug-likeness (QED) is 0.232. The topological polar surface area (TPSA) is 95.1 Å². The zero-order chi connectivity index (χ0) is 25.1. The first-order valence-corrected chi connectivity index (χ1v) is 11.3. The third-order valence-corrected chi connectivity index (χ3v) is 6.07. The van der Waals surface area contributed by atoms with Crippen molar-refractivity contribution in [3.05, 3.63) is 119 Å². The number of carbonyl (C=O) groups excluding carboxylic acids is 1. The normalized spacial score (nSPS) is 11.4. The number of hydrogen-bond acceptors (Lipinski definition) is 3. The summed E-state index contributed by atoms with van der Waals surface area (Å²) in [5.41, 5.74) is 3.18. The molecule has 1 heterocycles. The number of para-hydroxylation sites is 1. The van der Waals surface area contributed by atoms with Crippen molar-refractivity contribution in [2.75, 3.05) is 5.32 Å². The third kappa shape index (κ3) is 4.46. The molecule has 0 spiro atoms. The number of hydrogen-bond donors (Lipinski definition) is 2. The summed E-state index contributed by atoms with van der Waals surface area (Å²) in [6.07, 6.45) is 3.51. The van der Waals surface area contributed by atoms with Gasteiger partial charge in [0.25, 0.3) is 5.91 Å². The number of carboxylic acid groups (broad SMARTS) is 1. The molecule has 5 rings (SSSR count). The second-order valence-electron chi connectivity index (χ2n) is 8.38. The number of aromatic carboxylic acids is 1. The van der Waals surface area contributed by atoms with Gasteiger partial charge >= 0.3 is 5.97 Å². The fourth-order valence-corrected chi connectivity index (χ4v) is 4.37. The van der Waals surface area contributed by atoms with Gasteiger partial charge in [0.2, 0.25) is 0 Å². The molecule has 0 bridgehead atoms. The van der Waals surface area contributed by atoms with Crippen molar-refractivity contribution < 1.29 is 14.7 Å². The van der Waals surface area contributed by atoms with Gasteiger partial charge in [-0.3, -0.25) is 4.79 Å². The van der Waals surface area contributed by atoms with Crippen LogP contribution < -0.4 is 5.32 Å². The maximum absolute atomic E-state index is 12.9. The van der Waals surface area contributed by atoms with Crippen LogP contribution in [0.1, 0.15) is 21.5 Å². The first-order chi connectivity index (χ1) is 17.5. The van der Waals surface area contributed by atoms with Gasteiger partial charge in [-0.1, -0.05) is 66.7 Å². The van der Waals surface area contributed by atoms with Crippen LogP contribution in [0.25, 0.3) is 27.8 Å². The first-order valence-electron chi connectivity index (χ1n) is 11.3. The molecule has 0 saturated heterocycles. The van der Waals surface area contributed by atoms with Crippen LogP contribution in [0, 0.1) is 11.3 Å². The predicted octanol–water partition coefficient (Wildman–Crippen LogP) is 6.09. The maximum Gasteiger partial charge on any atom is 0.335 e. The Morgan fingerprint density at radius 3 is 2.44 bits per heavy atom. The minimum Gasteiger partial charge on any atom is -0.478 e. The van der Waals surface area contributed by atoms with Crippen LogP contribution in [0.3, 0.4) is 0 Å². The van der Waals surface area contributed by atoms with Gasteiger partial charge in [0.05, 0.1) is 5.56 Å². The number of aromatic nitrogens is 1. The molecule has 1 aromatic heterocycles. The number of nitrogens with one attached hydrogen (secondary N) is 1. The van der Waals surface area contributed by atoms with Crippen LogP contribution in [-0.2, 0) is 11.3 Å². The summed E-state index contributed by atoms with van der Waals surface area (Å²) in [7, 11) is 0. The highest BCUT2D eigenvalue weighted by Gasteiger charge is 2.14. The van der Waals surface area contributed by atoms with Crippen molar-refractivity contribution in [1.82, 2.24) is 4.57 Å². The fourth-order valence-electron chi connectivity index (χ4n) is 4.37. The predicted molar refractivity (Wildman–Crippen MR) is 141 cm³/mol. The molecule has 1 amide bonds. The number of rotatable bonds is 6. The molecular weight excluding hydrogens is 450 g/mol. The SMILES string of the molecule is N#C/C(=C/c1cn(Cc2cccc3ccccc23)c2ccccc12)C(=O)Nc1cccc(C(=O)O)c1. The summed E-state index contributed by atoms with van der Waals surface area (Å²) in [6.45, 7) is 0.631. The van der Waals surface area contributed by atoms with Gasteiger partial charge in [0, 0.05) is 34.9 Å². The van der Waals surface area contributed by atoms with Crippen LogP contribution >= 0.6 is 0 Å². The Kier molecular flexibility index (Phi) is 6.04. The minimum atomic E-state index is -1.10. The Balaban J connectivity index is 1.50. The van der Waals surface area contributed by atoms with E-state index >= 15 is 0 Å². The zero-order valence-electron chi connectivity index (χ0n) is 19.2. The average Bonchev–Trinajstić information content (AvgIpc) is 3.24. The number of nitrogens with zero attached hydrogens (tertiary/aromatic N) is 2. The molecule has 0 fully saturated rings. The number of fused-ring (bicyclic) bond motifs is 2. The van der Waals surface area contributed by atoms with Crippen LogP contribution in [0.15, 0.2) is 103 Å². The van der Waals surface area contributed by atoms with Gasteiger partial charge in [-0.25, -0.2) is 4.79 Å². The summed E-state index contributed by atoms with van der Waals surface area (Å²) in [4.78, 5) is 24.1. The van der Waals surface area contributed by atoms with E-state index in [0.717, 1.165) is 16.5 Å². The van der Waals surface area contributed by atoms with Crippen molar-refractivity contribution in [3.8, 4) is 6.07 Å². The highest BCUT2D eigenvalue weighted by Crippen LogP contribution is 2.27. The number of anilines is 1. The standard InChI is InChI=1S/C30H21N3O3/c31-17-23(29(34)32-25-11-6-9-21(16-25)30(35)36)15-24-19-33(28-14-4-3-13-27(24)28)18-22-10-5-8-20-7-1-2-12-26(20)22/h1-16,19H,18H2,(H,32,34)(H,35,36)/b23-15-. The van der Waals surface area contributed by atoms with E-state index in [4.69, 9.17) is 0 Å². The number of benzene rings is 4. The second kappa shape index (κ2) is 9.61. The number of nitriles is 1. The molecule has 4 aromatic carbocycles. The number of carbonyl (C=O) groups is 2. The highest BCUT2D eigenvalue weighted by atomic mass is 16.4.